The van der Waals surface area contributed by atoms with E-state index in [1.807, 2.05) is 38.1 Å². The van der Waals surface area contributed by atoms with E-state index in [1.165, 1.54) is 0 Å². The average molecular weight is 233 g/mol. The van der Waals surface area contributed by atoms with Crippen LogP contribution in [0.25, 0.3) is 0 Å². The Kier molecular flexibility index (Phi) is 3.44. The third-order valence-electron chi connectivity index (χ3n) is 2.74. The van der Waals surface area contributed by atoms with Gasteiger partial charge in [-0.05, 0) is 31.5 Å². The van der Waals surface area contributed by atoms with Crippen molar-refractivity contribution in [1.82, 2.24) is 5.16 Å². The molecule has 0 saturated heterocycles. The molecule has 0 radical (unpaired) electrons. The zero-order valence-electron chi connectivity index (χ0n) is 9.93. The minimum absolute atomic E-state index is 0.0435. The highest BCUT2D eigenvalue weighted by Crippen LogP contribution is 2.16. The Balaban J connectivity index is 2.00. The average Bonchev–Trinajstić information content (AvgIpc) is 2.68. The van der Waals surface area contributed by atoms with Gasteiger partial charge in [-0.25, -0.2) is 0 Å². The van der Waals surface area contributed by atoms with Crippen LogP contribution < -0.4 is 4.74 Å². The summed E-state index contributed by atoms with van der Waals surface area (Å²) in [4.78, 5) is 0. The van der Waals surface area contributed by atoms with Gasteiger partial charge in [-0.3, -0.25) is 0 Å². The van der Waals surface area contributed by atoms with Crippen LogP contribution in [0.1, 0.15) is 22.6 Å². The Hall–Kier alpha value is -1.81. The highest BCUT2D eigenvalue weighted by Gasteiger charge is 2.08. The maximum Gasteiger partial charge on any atom is 0.136 e. The highest BCUT2D eigenvalue weighted by atomic mass is 16.5. The molecule has 0 bridgehead atoms. The monoisotopic (exact) mass is 233 g/mol. The van der Waals surface area contributed by atoms with Crippen molar-refractivity contribution in [3.05, 3.63) is 46.8 Å². The molecule has 1 heterocycles. The van der Waals surface area contributed by atoms with Gasteiger partial charge in [0.1, 0.15) is 23.8 Å². The van der Waals surface area contributed by atoms with Gasteiger partial charge in [0.25, 0.3) is 0 Å². The number of aliphatic hydroxyl groups excluding tert-OH is 1. The predicted molar refractivity (Wildman–Crippen MR) is 62.7 cm³/mol. The van der Waals surface area contributed by atoms with Crippen molar-refractivity contribution in [2.75, 3.05) is 0 Å². The first-order chi connectivity index (χ1) is 8.20. The van der Waals surface area contributed by atoms with Crippen molar-refractivity contribution in [2.45, 2.75) is 27.1 Å². The first-order valence-electron chi connectivity index (χ1n) is 5.45. The zero-order chi connectivity index (χ0) is 12.3. The smallest absolute Gasteiger partial charge is 0.136 e. The van der Waals surface area contributed by atoms with E-state index in [1.54, 1.807) is 0 Å². The summed E-state index contributed by atoms with van der Waals surface area (Å²) >= 11 is 0. The molecule has 0 unspecified atom stereocenters. The standard InChI is InChI=1S/C13H15NO3/c1-9-10(2)17-14-13(9)8-16-12-5-3-11(7-15)4-6-12/h3-6,15H,7-8H2,1-2H3. The molecular formula is C13H15NO3. The van der Waals surface area contributed by atoms with Crippen molar-refractivity contribution in [1.29, 1.82) is 0 Å². The Morgan fingerprint density at radius 1 is 1.24 bits per heavy atom. The van der Waals surface area contributed by atoms with Gasteiger partial charge >= 0.3 is 0 Å². The van der Waals surface area contributed by atoms with Crippen LogP contribution >= 0.6 is 0 Å². The number of hydrogen-bond acceptors (Lipinski definition) is 4. The molecule has 2 rings (SSSR count). The van der Waals surface area contributed by atoms with Crippen molar-refractivity contribution >= 4 is 0 Å². The summed E-state index contributed by atoms with van der Waals surface area (Å²) < 4.78 is 10.6. The Labute approximate surface area is 99.8 Å². The summed E-state index contributed by atoms with van der Waals surface area (Å²) in [5.41, 5.74) is 2.71. The van der Waals surface area contributed by atoms with E-state index < -0.39 is 0 Å². The minimum Gasteiger partial charge on any atom is -0.487 e. The fourth-order valence-electron chi connectivity index (χ4n) is 1.44. The normalized spacial score (nSPS) is 10.5. The molecule has 17 heavy (non-hydrogen) atoms. The number of aromatic nitrogens is 1. The lowest BCUT2D eigenvalue weighted by atomic mass is 10.2. The Bertz CT molecular complexity index is 488. The lowest BCUT2D eigenvalue weighted by Crippen LogP contribution is -1.97. The molecule has 2 aromatic rings. The second kappa shape index (κ2) is 5.01. The maximum absolute atomic E-state index is 8.91. The molecule has 90 valence electrons. The van der Waals surface area contributed by atoms with E-state index in [9.17, 15) is 0 Å². The van der Waals surface area contributed by atoms with E-state index in [-0.39, 0.29) is 6.61 Å². The van der Waals surface area contributed by atoms with E-state index >= 15 is 0 Å². The number of hydrogen-bond donors (Lipinski definition) is 1. The first-order valence-corrected chi connectivity index (χ1v) is 5.45. The summed E-state index contributed by atoms with van der Waals surface area (Å²) in [5, 5.41) is 12.8. The van der Waals surface area contributed by atoms with E-state index in [0.717, 1.165) is 28.3 Å². The molecule has 0 aliphatic heterocycles. The lowest BCUT2D eigenvalue weighted by molar-refractivity contribution is 0.279. The number of ether oxygens (including phenoxy) is 1. The molecule has 0 spiro atoms. The van der Waals surface area contributed by atoms with Gasteiger partial charge in [0, 0.05) is 5.56 Å². The molecule has 0 aliphatic rings. The van der Waals surface area contributed by atoms with Crippen LogP contribution in [0.4, 0.5) is 0 Å². The number of aliphatic hydroxyl groups is 1. The SMILES string of the molecule is Cc1onc(COc2ccc(CO)cc2)c1C. The first kappa shape index (κ1) is 11.7. The van der Waals surface area contributed by atoms with Crippen molar-refractivity contribution in [3.8, 4) is 5.75 Å². The van der Waals surface area contributed by atoms with Gasteiger partial charge in [-0.1, -0.05) is 17.3 Å². The van der Waals surface area contributed by atoms with Crippen LogP contribution in [-0.2, 0) is 13.2 Å². The van der Waals surface area contributed by atoms with Crippen LogP contribution in [0.2, 0.25) is 0 Å². The quantitative estimate of drug-likeness (QED) is 0.880. The summed E-state index contributed by atoms with van der Waals surface area (Å²) in [6.07, 6.45) is 0. The highest BCUT2D eigenvalue weighted by molar-refractivity contribution is 5.27. The second-order valence-electron chi connectivity index (χ2n) is 3.90. The van der Waals surface area contributed by atoms with Crippen LogP contribution in [0.15, 0.2) is 28.8 Å². The third kappa shape index (κ3) is 2.65. The Morgan fingerprint density at radius 3 is 2.47 bits per heavy atom. The van der Waals surface area contributed by atoms with Gasteiger partial charge in [0.15, 0.2) is 0 Å². The summed E-state index contributed by atoms with van der Waals surface area (Å²) in [7, 11) is 0. The topological polar surface area (TPSA) is 55.5 Å². The van der Waals surface area contributed by atoms with E-state index in [0.29, 0.717) is 6.61 Å². The van der Waals surface area contributed by atoms with Crippen LogP contribution in [0, 0.1) is 13.8 Å². The van der Waals surface area contributed by atoms with Gasteiger partial charge in [0.2, 0.25) is 0 Å². The third-order valence-corrected chi connectivity index (χ3v) is 2.74. The molecule has 1 aromatic carbocycles. The largest absolute Gasteiger partial charge is 0.487 e. The Morgan fingerprint density at radius 2 is 1.94 bits per heavy atom. The number of nitrogens with zero attached hydrogens (tertiary/aromatic N) is 1. The summed E-state index contributed by atoms with van der Waals surface area (Å²) in [6, 6.07) is 7.31. The van der Waals surface area contributed by atoms with Crippen LogP contribution in [0.5, 0.6) is 5.75 Å². The molecule has 0 fully saturated rings. The van der Waals surface area contributed by atoms with Crippen LogP contribution in [0.3, 0.4) is 0 Å². The van der Waals surface area contributed by atoms with Crippen molar-refractivity contribution in [2.24, 2.45) is 0 Å². The van der Waals surface area contributed by atoms with Crippen molar-refractivity contribution < 1.29 is 14.4 Å². The molecule has 4 nitrogen and oxygen atoms in total. The molecular weight excluding hydrogens is 218 g/mol. The number of aryl methyl sites for hydroxylation is 1. The fraction of sp³-hybridized carbons (Fsp3) is 0.308. The van der Waals surface area contributed by atoms with Gasteiger partial charge in [-0.15, -0.1) is 0 Å². The van der Waals surface area contributed by atoms with Gasteiger partial charge in [-0.2, -0.15) is 0 Å². The molecule has 0 atom stereocenters. The molecule has 0 saturated carbocycles. The maximum atomic E-state index is 8.91. The van der Waals surface area contributed by atoms with Gasteiger partial charge < -0.3 is 14.4 Å². The number of benzene rings is 1. The summed E-state index contributed by atoms with van der Waals surface area (Å²) in [6.45, 7) is 4.27. The summed E-state index contributed by atoms with van der Waals surface area (Å²) in [5.74, 6) is 1.57. The fourth-order valence-corrected chi connectivity index (χ4v) is 1.44. The zero-order valence-corrected chi connectivity index (χ0v) is 9.93. The van der Waals surface area contributed by atoms with E-state index in [2.05, 4.69) is 5.16 Å². The molecule has 0 amide bonds. The predicted octanol–water partition coefficient (Wildman–Crippen LogP) is 2.36. The second-order valence-corrected chi connectivity index (χ2v) is 3.90. The molecule has 1 aromatic heterocycles. The molecule has 4 heteroatoms. The molecule has 0 aliphatic carbocycles. The lowest BCUT2D eigenvalue weighted by Gasteiger charge is -2.05. The molecule has 1 N–H and O–H groups in total. The van der Waals surface area contributed by atoms with Crippen LogP contribution in [-0.4, -0.2) is 10.3 Å². The minimum atomic E-state index is 0.0435. The van der Waals surface area contributed by atoms with Gasteiger partial charge in [0.05, 0.1) is 6.61 Å². The number of rotatable bonds is 4. The van der Waals surface area contributed by atoms with E-state index in [4.69, 9.17) is 14.4 Å². The van der Waals surface area contributed by atoms with Crippen molar-refractivity contribution in [3.63, 3.8) is 0 Å².